The van der Waals surface area contributed by atoms with Crippen LogP contribution in [0.2, 0.25) is 0 Å². The largest absolute Gasteiger partial charge is 0.493 e. The number of nitrogens with one attached hydrogen (secondary N) is 2. The lowest BCUT2D eigenvalue weighted by molar-refractivity contribution is 0.0398. The van der Waals surface area contributed by atoms with E-state index in [1.807, 2.05) is 31.2 Å². The van der Waals surface area contributed by atoms with Crippen LogP contribution in [-0.4, -0.2) is 68.5 Å². The summed E-state index contributed by atoms with van der Waals surface area (Å²) in [5, 5.41) is 6.68. The smallest absolute Gasteiger partial charge is 0.162 e. The lowest BCUT2D eigenvalue weighted by Crippen LogP contribution is -2.39. The van der Waals surface area contributed by atoms with Crippen LogP contribution in [0.1, 0.15) is 5.82 Å². The average Bonchev–Trinajstić information content (AvgIpc) is 2.68. The zero-order valence-corrected chi connectivity index (χ0v) is 16.1. The first-order valence-corrected chi connectivity index (χ1v) is 9.06. The van der Waals surface area contributed by atoms with Gasteiger partial charge in [0.25, 0.3) is 0 Å². The molecular formula is C19H27N5O3. The van der Waals surface area contributed by atoms with Gasteiger partial charge in [0.2, 0.25) is 0 Å². The number of hydrogen-bond acceptors (Lipinski definition) is 8. The topological polar surface area (TPSA) is 80.8 Å². The van der Waals surface area contributed by atoms with Crippen molar-refractivity contribution in [2.24, 2.45) is 0 Å². The van der Waals surface area contributed by atoms with E-state index in [2.05, 4.69) is 25.5 Å². The van der Waals surface area contributed by atoms with Crippen LogP contribution in [0.5, 0.6) is 11.5 Å². The standard InChI is InChI=1S/C19H27N5O3/c1-14-21-18(20-6-7-24-8-10-27-11-9-24)13-19(22-14)23-15-4-5-16(25-2)17(12-15)26-3/h4-5,12-13H,6-11H2,1-3H3,(H2,20,21,22,23). The molecule has 2 aromatic rings. The second-order valence-corrected chi connectivity index (χ2v) is 6.26. The summed E-state index contributed by atoms with van der Waals surface area (Å²) >= 11 is 0. The Bertz CT molecular complexity index is 750. The molecule has 0 amide bonds. The number of anilines is 3. The lowest BCUT2D eigenvalue weighted by atomic mass is 10.2. The monoisotopic (exact) mass is 373 g/mol. The minimum atomic E-state index is 0.664. The van der Waals surface area contributed by atoms with Crippen LogP contribution in [0.3, 0.4) is 0 Å². The average molecular weight is 373 g/mol. The summed E-state index contributed by atoms with van der Waals surface area (Å²) in [5.74, 6) is 3.58. The molecule has 0 radical (unpaired) electrons. The van der Waals surface area contributed by atoms with Crippen molar-refractivity contribution in [3.8, 4) is 11.5 Å². The van der Waals surface area contributed by atoms with Gasteiger partial charge in [0, 0.05) is 44.0 Å². The zero-order valence-electron chi connectivity index (χ0n) is 16.1. The third-order valence-electron chi connectivity index (χ3n) is 4.33. The summed E-state index contributed by atoms with van der Waals surface area (Å²) < 4.78 is 16.0. The first kappa shape index (κ1) is 19.2. The van der Waals surface area contributed by atoms with Crippen molar-refractivity contribution in [1.29, 1.82) is 0 Å². The molecule has 8 heteroatoms. The van der Waals surface area contributed by atoms with Gasteiger partial charge in [0.15, 0.2) is 11.5 Å². The van der Waals surface area contributed by atoms with Gasteiger partial charge in [-0.2, -0.15) is 0 Å². The van der Waals surface area contributed by atoms with E-state index in [-0.39, 0.29) is 0 Å². The maximum absolute atomic E-state index is 5.38. The number of hydrogen-bond donors (Lipinski definition) is 2. The summed E-state index contributed by atoms with van der Waals surface area (Å²) in [6.07, 6.45) is 0. The highest BCUT2D eigenvalue weighted by Crippen LogP contribution is 2.31. The van der Waals surface area contributed by atoms with Gasteiger partial charge in [0.05, 0.1) is 27.4 Å². The number of rotatable bonds is 8. The minimum Gasteiger partial charge on any atom is -0.493 e. The summed E-state index contributed by atoms with van der Waals surface area (Å²) in [5.41, 5.74) is 0.866. The fourth-order valence-corrected chi connectivity index (χ4v) is 2.95. The van der Waals surface area contributed by atoms with Crippen molar-refractivity contribution in [2.75, 3.05) is 64.2 Å². The Morgan fingerprint density at radius 1 is 1.04 bits per heavy atom. The third kappa shape index (κ3) is 5.45. The Kier molecular flexibility index (Phi) is 6.67. The molecule has 0 atom stereocenters. The maximum atomic E-state index is 5.38. The van der Waals surface area contributed by atoms with E-state index >= 15 is 0 Å². The van der Waals surface area contributed by atoms with Crippen LogP contribution in [0, 0.1) is 6.92 Å². The number of ether oxygens (including phenoxy) is 3. The fraction of sp³-hybridized carbons (Fsp3) is 0.474. The Labute approximate surface area is 159 Å². The van der Waals surface area contributed by atoms with Crippen molar-refractivity contribution in [3.63, 3.8) is 0 Å². The quantitative estimate of drug-likeness (QED) is 0.730. The van der Waals surface area contributed by atoms with Crippen LogP contribution in [0.4, 0.5) is 17.3 Å². The minimum absolute atomic E-state index is 0.664. The summed E-state index contributed by atoms with van der Waals surface area (Å²) in [4.78, 5) is 11.3. The Hall–Kier alpha value is -2.58. The van der Waals surface area contributed by atoms with E-state index in [0.717, 1.165) is 56.7 Å². The van der Waals surface area contributed by atoms with Crippen LogP contribution in [-0.2, 0) is 4.74 Å². The second-order valence-electron chi connectivity index (χ2n) is 6.26. The molecule has 0 saturated carbocycles. The molecule has 0 bridgehead atoms. The van der Waals surface area contributed by atoms with Crippen molar-refractivity contribution in [2.45, 2.75) is 6.92 Å². The molecule has 1 fully saturated rings. The van der Waals surface area contributed by atoms with Gasteiger partial charge in [-0.15, -0.1) is 0 Å². The molecule has 1 saturated heterocycles. The van der Waals surface area contributed by atoms with Gasteiger partial charge >= 0.3 is 0 Å². The van der Waals surface area contributed by atoms with Crippen molar-refractivity contribution in [3.05, 3.63) is 30.1 Å². The van der Waals surface area contributed by atoms with E-state index in [1.165, 1.54) is 0 Å². The molecule has 2 N–H and O–H groups in total. The normalized spacial score (nSPS) is 14.6. The lowest BCUT2D eigenvalue weighted by Gasteiger charge is -2.26. The highest BCUT2D eigenvalue weighted by Gasteiger charge is 2.10. The predicted octanol–water partition coefficient (Wildman–Crippen LogP) is 2.29. The number of methoxy groups -OCH3 is 2. The van der Waals surface area contributed by atoms with E-state index in [9.17, 15) is 0 Å². The Morgan fingerprint density at radius 2 is 1.78 bits per heavy atom. The number of morpholine rings is 1. The number of benzene rings is 1. The van der Waals surface area contributed by atoms with Crippen LogP contribution < -0.4 is 20.1 Å². The molecule has 1 aliphatic rings. The fourth-order valence-electron chi connectivity index (χ4n) is 2.95. The molecule has 3 rings (SSSR count). The molecule has 0 aliphatic carbocycles. The molecule has 1 aromatic carbocycles. The highest BCUT2D eigenvalue weighted by atomic mass is 16.5. The molecule has 1 aromatic heterocycles. The predicted molar refractivity (Wildman–Crippen MR) is 105 cm³/mol. The summed E-state index contributed by atoms with van der Waals surface area (Å²) in [6, 6.07) is 7.56. The van der Waals surface area contributed by atoms with E-state index < -0.39 is 0 Å². The first-order chi connectivity index (χ1) is 13.2. The molecule has 8 nitrogen and oxygen atoms in total. The van der Waals surface area contributed by atoms with Gasteiger partial charge in [-0.05, 0) is 19.1 Å². The van der Waals surface area contributed by atoms with Crippen LogP contribution >= 0.6 is 0 Å². The molecule has 2 heterocycles. The molecule has 146 valence electrons. The van der Waals surface area contributed by atoms with Crippen LogP contribution in [0.25, 0.3) is 0 Å². The van der Waals surface area contributed by atoms with Gasteiger partial charge in [0.1, 0.15) is 17.5 Å². The third-order valence-corrected chi connectivity index (χ3v) is 4.33. The molecular weight excluding hydrogens is 346 g/mol. The van der Waals surface area contributed by atoms with Crippen molar-refractivity contribution < 1.29 is 14.2 Å². The second kappa shape index (κ2) is 9.38. The van der Waals surface area contributed by atoms with Crippen LogP contribution in [0.15, 0.2) is 24.3 Å². The van der Waals surface area contributed by atoms with Gasteiger partial charge in [-0.3, -0.25) is 4.90 Å². The molecule has 0 unspecified atom stereocenters. The summed E-state index contributed by atoms with van der Waals surface area (Å²) in [7, 11) is 3.24. The van der Waals surface area contributed by atoms with Gasteiger partial charge in [-0.1, -0.05) is 0 Å². The van der Waals surface area contributed by atoms with E-state index in [1.54, 1.807) is 14.2 Å². The molecule has 1 aliphatic heterocycles. The van der Waals surface area contributed by atoms with E-state index in [0.29, 0.717) is 17.3 Å². The first-order valence-electron chi connectivity index (χ1n) is 9.06. The Balaban J connectivity index is 1.62. The van der Waals surface area contributed by atoms with Gasteiger partial charge < -0.3 is 24.8 Å². The van der Waals surface area contributed by atoms with Crippen molar-refractivity contribution >= 4 is 17.3 Å². The van der Waals surface area contributed by atoms with E-state index in [4.69, 9.17) is 14.2 Å². The van der Waals surface area contributed by atoms with Gasteiger partial charge in [-0.25, -0.2) is 9.97 Å². The van der Waals surface area contributed by atoms with Crippen molar-refractivity contribution in [1.82, 2.24) is 14.9 Å². The Morgan fingerprint density at radius 3 is 2.52 bits per heavy atom. The molecule has 27 heavy (non-hydrogen) atoms. The number of aromatic nitrogens is 2. The maximum Gasteiger partial charge on any atom is 0.162 e. The SMILES string of the molecule is COc1ccc(Nc2cc(NCCN3CCOCC3)nc(C)n2)cc1OC. The molecule has 0 spiro atoms. The number of aryl methyl sites for hydroxylation is 1. The zero-order chi connectivity index (χ0) is 19.1. The summed E-state index contributed by atoms with van der Waals surface area (Å²) in [6.45, 7) is 7.26. The highest BCUT2D eigenvalue weighted by molar-refractivity contribution is 5.63. The number of nitrogens with zero attached hydrogens (tertiary/aromatic N) is 3.